The Bertz CT molecular complexity index is 1200. The average molecular weight is 441 g/mol. The molecule has 0 aliphatic rings. The zero-order valence-corrected chi connectivity index (χ0v) is 16.3. The molecule has 3 rings (SSSR count). The molecule has 0 fully saturated rings. The molecule has 0 spiro atoms. The fraction of sp³-hybridized carbons (Fsp3) is 0.158. The van der Waals surface area contributed by atoms with E-state index < -0.39 is 40.0 Å². The number of carbonyl (C=O) groups excluding carboxylic acids is 1. The van der Waals surface area contributed by atoms with Crippen molar-refractivity contribution in [2.45, 2.75) is 17.6 Å². The molecule has 11 heteroatoms. The second-order valence-electron chi connectivity index (χ2n) is 6.50. The highest BCUT2D eigenvalue weighted by molar-refractivity contribution is 7.90. The van der Waals surface area contributed by atoms with E-state index in [0.29, 0.717) is 4.68 Å². The number of sulfone groups is 1. The van der Waals surface area contributed by atoms with E-state index in [1.807, 2.05) is 0 Å². The van der Waals surface area contributed by atoms with E-state index in [1.54, 1.807) is 0 Å². The number of rotatable bonds is 5. The van der Waals surface area contributed by atoms with Gasteiger partial charge in [-0.1, -0.05) is 24.3 Å². The summed E-state index contributed by atoms with van der Waals surface area (Å²) in [6, 6.07) is 9.39. The number of aromatic nitrogens is 2. The quantitative estimate of drug-likeness (QED) is 0.615. The van der Waals surface area contributed by atoms with Gasteiger partial charge >= 0.3 is 6.18 Å². The van der Waals surface area contributed by atoms with E-state index in [1.165, 1.54) is 24.3 Å². The van der Waals surface area contributed by atoms with E-state index in [0.717, 1.165) is 30.5 Å². The number of carbonyl (C=O) groups is 1. The third kappa shape index (κ3) is 4.35. The van der Waals surface area contributed by atoms with Crippen molar-refractivity contribution in [3.05, 3.63) is 60.0 Å². The predicted octanol–water partition coefficient (Wildman–Crippen LogP) is 3.26. The van der Waals surface area contributed by atoms with Crippen molar-refractivity contribution in [3.63, 3.8) is 0 Å². The van der Waals surface area contributed by atoms with Crippen LogP contribution in [-0.2, 0) is 27.4 Å². The Kier molecular flexibility index (Phi) is 5.42. The molecule has 0 aliphatic heterocycles. The summed E-state index contributed by atoms with van der Waals surface area (Å²) in [6.07, 6.45) is -3.91. The smallest absolute Gasteiger partial charge is 0.368 e. The third-order valence-corrected chi connectivity index (χ3v) is 5.34. The fourth-order valence-corrected chi connectivity index (χ4v) is 3.59. The Balaban J connectivity index is 2.32. The number of primary amides is 1. The minimum atomic E-state index is -4.91. The first-order valence-electron chi connectivity index (χ1n) is 8.40. The lowest BCUT2D eigenvalue weighted by Gasteiger charge is -2.12. The predicted molar refractivity (Wildman–Crippen MR) is 100 cm³/mol. The van der Waals surface area contributed by atoms with Gasteiger partial charge in [0.1, 0.15) is 18.1 Å². The monoisotopic (exact) mass is 441 g/mol. The SMILES string of the molecule is CS(=O)(=O)c1ccc(-c2nn(CC(N)=O)c(C(F)(F)F)c2-c2ccc(F)cc2)cc1. The molecule has 1 heterocycles. The first-order valence-corrected chi connectivity index (χ1v) is 10.3. The van der Waals surface area contributed by atoms with Gasteiger partial charge in [0, 0.05) is 17.4 Å². The van der Waals surface area contributed by atoms with Crippen LogP contribution in [0.3, 0.4) is 0 Å². The van der Waals surface area contributed by atoms with Crippen LogP contribution in [0.4, 0.5) is 17.6 Å². The van der Waals surface area contributed by atoms with Gasteiger partial charge in [0.2, 0.25) is 5.91 Å². The zero-order valence-electron chi connectivity index (χ0n) is 15.4. The van der Waals surface area contributed by atoms with E-state index >= 15 is 0 Å². The molecule has 0 radical (unpaired) electrons. The molecule has 30 heavy (non-hydrogen) atoms. The Hall–Kier alpha value is -3.21. The second-order valence-corrected chi connectivity index (χ2v) is 8.51. The van der Waals surface area contributed by atoms with E-state index in [9.17, 15) is 30.8 Å². The van der Waals surface area contributed by atoms with E-state index in [2.05, 4.69) is 5.10 Å². The maximum atomic E-state index is 13.9. The highest BCUT2D eigenvalue weighted by Crippen LogP contribution is 2.42. The zero-order chi connectivity index (χ0) is 22.3. The van der Waals surface area contributed by atoms with Crippen LogP contribution < -0.4 is 5.73 Å². The fourth-order valence-electron chi connectivity index (χ4n) is 2.96. The number of hydrogen-bond acceptors (Lipinski definition) is 4. The molecule has 0 saturated carbocycles. The van der Waals surface area contributed by atoms with Gasteiger partial charge in [-0.15, -0.1) is 0 Å². The van der Waals surface area contributed by atoms with Crippen LogP contribution in [0.25, 0.3) is 22.4 Å². The lowest BCUT2D eigenvalue weighted by atomic mass is 9.98. The summed E-state index contributed by atoms with van der Waals surface area (Å²) in [6.45, 7) is -0.829. The van der Waals surface area contributed by atoms with Crippen LogP contribution in [0.15, 0.2) is 53.4 Å². The normalized spacial score (nSPS) is 12.2. The van der Waals surface area contributed by atoms with Crippen molar-refractivity contribution in [2.24, 2.45) is 5.73 Å². The first-order chi connectivity index (χ1) is 13.9. The lowest BCUT2D eigenvalue weighted by Crippen LogP contribution is -2.24. The molecule has 0 atom stereocenters. The van der Waals surface area contributed by atoms with Crippen LogP contribution in [-0.4, -0.2) is 30.4 Å². The summed E-state index contributed by atoms with van der Waals surface area (Å²) in [7, 11) is -3.52. The summed E-state index contributed by atoms with van der Waals surface area (Å²) in [4.78, 5) is 11.3. The molecule has 2 aromatic carbocycles. The second kappa shape index (κ2) is 7.56. The maximum absolute atomic E-state index is 13.9. The summed E-state index contributed by atoms with van der Waals surface area (Å²) in [5.41, 5.74) is 3.51. The summed E-state index contributed by atoms with van der Waals surface area (Å²) in [5, 5.41) is 3.93. The highest BCUT2D eigenvalue weighted by atomic mass is 32.2. The third-order valence-electron chi connectivity index (χ3n) is 4.22. The molecular weight excluding hydrogens is 426 g/mol. The van der Waals surface area contributed by atoms with Crippen molar-refractivity contribution in [3.8, 4) is 22.4 Å². The molecule has 158 valence electrons. The van der Waals surface area contributed by atoms with Crippen molar-refractivity contribution in [1.29, 1.82) is 0 Å². The molecule has 0 unspecified atom stereocenters. The lowest BCUT2D eigenvalue weighted by molar-refractivity contribution is -0.144. The van der Waals surface area contributed by atoms with Crippen molar-refractivity contribution >= 4 is 15.7 Å². The van der Waals surface area contributed by atoms with Gasteiger partial charge in [0.15, 0.2) is 15.5 Å². The molecular formula is C19H15F4N3O3S. The van der Waals surface area contributed by atoms with Crippen LogP contribution in [0.2, 0.25) is 0 Å². The topological polar surface area (TPSA) is 95.1 Å². The molecule has 2 N–H and O–H groups in total. The number of benzene rings is 2. The van der Waals surface area contributed by atoms with Gasteiger partial charge < -0.3 is 5.73 Å². The largest absolute Gasteiger partial charge is 0.433 e. The number of amides is 1. The minimum absolute atomic E-state index is 0.0154. The summed E-state index contributed by atoms with van der Waals surface area (Å²) >= 11 is 0. The van der Waals surface area contributed by atoms with Crippen molar-refractivity contribution in [1.82, 2.24) is 9.78 Å². The molecule has 6 nitrogen and oxygen atoms in total. The van der Waals surface area contributed by atoms with Gasteiger partial charge in [-0.05, 0) is 29.8 Å². The minimum Gasteiger partial charge on any atom is -0.368 e. The average Bonchev–Trinajstić information content (AvgIpc) is 3.00. The van der Waals surface area contributed by atoms with Gasteiger partial charge in [-0.3, -0.25) is 4.79 Å². The first kappa shape index (κ1) is 21.5. The standard InChI is InChI=1S/C19H15F4N3O3S/c1-30(28,29)14-8-4-12(5-9-14)17-16(11-2-6-13(20)7-3-11)18(19(21,22)23)26(25-17)10-15(24)27/h2-9H,10H2,1H3,(H2,24,27). The molecule has 0 saturated heterocycles. The van der Waals surface area contributed by atoms with Crippen LogP contribution in [0.5, 0.6) is 0 Å². The van der Waals surface area contributed by atoms with Crippen LogP contribution in [0.1, 0.15) is 5.69 Å². The van der Waals surface area contributed by atoms with Crippen LogP contribution >= 0.6 is 0 Å². The van der Waals surface area contributed by atoms with E-state index in [-0.39, 0.29) is 27.3 Å². The summed E-state index contributed by atoms with van der Waals surface area (Å²) < 4.78 is 78.8. The van der Waals surface area contributed by atoms with Gasteiger partial charge in [0.25, 0.3) is 0 Å². The molecule has 0 aliphatic carbocycles. The number of halogens is 4. The molecule has 0 bridgehead atoms. The van der Waals surface area contributed by atoms with Gasteiger partial charge in [-0.25, -0.2) is 17.5 Å². The van der Waals surface area contributed by atoms with Crippen molar-refractivity contribution in [2.75, 3.05) is 6.26 Å². The van der Waals surface area contributed by atoms with Crippen molar-refractivity contribution < 1.29 is 30.8 Å². The number of nitrogens with two attached hydrogens (primary N) is 1. The van der Waals surface area contributed by atoms with E-state index in [4.69, 9.17) is 5.73 Å². The Morgan fingerprint density at radius 2 is 1.57 bits per heavy atom. The number of nitrogens with zero attached hydrogens (tertiary/aromatic N) is 2. The Morgan fingerprint density at radius 1 is 1.03 bits per heavy atom. The number of hydrogen-bond donors (Lipinski definition) is 1. The Morgan fingerprint density at radius 3 is 2.03 bits per heavy atom. The molecule has 1 amide bonds. The highest BCUT2D eigenvalue weighted by Gasteiger charge is 2.41. The molecule has 3 aromatic rings. The number of alkyl halides is 3. The van der Waals surface area contributed by atoms with Gasteiger partial charge in [0.05, 0.1) is 4.90 Å². The summed E-state index contributed by atoms with van der Waals surface area (Å²) in [5.74, 6) is -1.68. The van der Waals surface area contributed by atoms with Crippen LogP contribution in [0, 0.1) is 5.82 Å². The maximum Gasteiger partial charge on any atom is 0.433 e. The Labute approximate surface area is 168 Å². The van der Waals surface area contributed by atoms with Gasteiger partial charge in [-0.2, -0.15) is 18.3 Å². The molecule has 1 aromatic heterocycles.